The first-order valence-corrected chi connectivity index (χ1v) is 9.79. The van der Waals surface area contributed by atoms with Crippen LogP contribution in [0.1, 0.15) is 29.5 Å². The summed E-state index contributed by atoms with van der Waals surface area (Å²) in [6.07, 6.45) is 1.68. The molecule has 148 valence electrons. The number of pyridine rings is 1. The number of methoxy groups -OCH3 is 1. The topological polar surface area (TPSA) is 77.2 Å². The van der Waals surface area contributed by atoms with Crippen molar-refractivity contribution in [1.29, 1.82) is 0 Å². The van der Waals surface area contributed by atoms with Crippen molar-refractivity contribution in [3.8, 4) is 17.0 Å². The van der Waals surface area contributed by atoms with Crippen molar-refractivity contribution >= 4 is 11.7 Å². The normalized spacial score (nSPS) is 14.3. The molecule has 2 aromatic carbocycles. The number of amides is 1. The quantitative estimate of drug-likeness (QED) is 0.665. The lowest BCUT2D eigenvalue weighted by Crippen LogP contribution is -2.28. The SMILES string of the molecule is COc1ccc(C2(C(=O)Nc3ccc(C)c(-c4ccc(CN)cc4)n3)CC2)cc1. The Bertz CT molecular complexity index is 1020. The summed E-state index contributed by atoms with van der Waals surface area (Å²) in [5.41, 5.74) is 10.2. The van der Waals surface area contributed by atoms with Gasteiger partial charge in [-0.1, -0.05) is 42.5 Å². The van der Waals surface area contributed by atoms with Crippen LogP contribution < -0.4 is 15.8 Å². The van der Waals surface area contributed by atoms with Crippen LogP contribution in [0.5, 0.6) is 5.75 Å². The Morgan fingerprint density at radius 2 is 1.76 bits per heavy atom. The summed E-state index contributed by atoms with van der Waals surface area (Å²) in [6.45, 7) is 2.53. The molecule has 1 amide bonds. The van der Waals surface area contributed by atoms with Crippen LogP contribution in [0.25, 0.3) is 11.3 Å². The van der Waals surface area contributed by atoms with Gasteiger partial charge in [0.25, 0.3) is 0 Å². The van der Waals surface area contributed by atoms with Gasteiger partial charge in [0.15, 0.2) is 0 Å². The summed E-state index contributed by atoms with van der Waals surface area (Å²) in [7, 11) is 1.64. The number of nitrogens with two attached hydrogens (primary N) is 1. The van der Waals surface area contributed by atoms with E-state index in [2.05, 4.69) is 5.32 Å². The Morgan fingerprint density at radius 1 is 1.07 bits per heavy atom. The number of ether oxygens (including phenoxy) is 1. The largest absolute Gasteiger partial charge is 0.497 e. The van der Waals surface area contributed by atoms with Gasteiger partial charge in [0.1, 0.15) is 11.6 Å². The maximum Gasteiger partial charge on any atom is 0.236 e. The van der Waals surface area contributed by atoms with Gasteiger partial charge in [0, 0.05) is 12.1 Å². The van der Waals surface area contributed by atoms with E-state index in [0.29, 0.717) is 12.4 Å². The van der Waals surface area contributed by atoms with Gasteiger partial charge >= 0.3 is 0 Å². The molecule has 1 aromatic heterocycles. The molecule has 1 saturated carbocycles. The number of aryl methyl sites for hydroxylation is 1. The second-order valence-corrected chi connectivity index (χ2v) is 7.53. The number of nitrogens with zero attached hydrogens (tertiary/aromatic N) is 1. The molecule has 0 aliphatic heterocycles. The molecule has 5 heteroatoms. The number of benzene rings is 2. The van der Waals surface area contributed by atoms with E-state index >= 15 is 0 Å². The van der Waals surface area contributed by atoms with E-state index in [-0.39, 0.29) is 5.91 Å². The molecule has 0 atom stereocenters. The van der Waals surface area contributed by atoms with Gasteiger partial charge in [-0.3, -0.25) is 4.79 Å². The van der Waals surface area contributed by atoms with E-state index in [0.717, 1.165) is 46.5 Å². The average Bonchev–Trinajstić information content (AvgIpc) is 3.57. The summed E-state index contributed by atoms with van der Waals surface area (Å²) in [6, 6.07) is 19.6. The molecule has 3 N–H and O–H groups in total. The number of nitrogens with one attached hydrogen (secondary N) is 1. The van der Waals surface area contributed by atoms with Gasteiger partial charge in [-0.25, -0.2) is 4.98 Å². The Labute approximate surface area is 170 Å². The molecule has 0 radical (unpaired) electrons. The molecule has 3 aromatic rings. The van der Waals surface area contributed by atoms with Gasteiger partial charge < -0.3 is 15.8 Å². The smallest absolute Gasteiger partial charge is 0.236 e. The predicted octanol–water partition coefficient (Wildman–Crippen LogP) is 4.19. The van der Waals surface area contributed by atoms with Crippen LogP contribution in [-0.2, 0) is 16.8 Å². The number of carbonyl (C=O) groups is 1. The molecule has 0 spiro atoms. The number of hydrogen-bond acceptors (Lipinski definition) is 4. The highest BCUT2D eigenvalue weighted by atomic mass is 16.5. The minimum atomic E-state index is -0.470. The highest BCUT2D eigenvalue weighted by Gasteiger charge is 2.51. The van der Waals surface area contributed by atoms with Crippen molar-refractivity contribution < 1.29 is 9.53 Å². The molecule has 1 aliphatic rings. The lowest BCUT2D eigenvalue weighted by atomic mass is 9.95. The maximum absolute atomic E-state index is 13.1. The van der Waals surface area contributed by atoms with E-state index < -0.39 is 5.41 Å². The van der Waals surface area contributed by atoms with Crippen LogP contribution in [-0.4, -0.2) is 18.0 Å². The van der Waals surface area contributed by atoms with E-state index in [9.17, 15) is 4.79 Å². The molecule has 5 nitrogen and oxygen atoms in total. The molecule has 0 bridgehead atoms. The van der Waals surface area contributed by atoms with Gasteiger partial charge in [-0.05, 0) is 54.7 Å². The average molecular weight is 387 g/mol. The van der Waals surface area contributed by atoms with Crippen molar-refractivity contribution in [2.45, 2.75) is 31.7 Å². The fraction of sp³-hybridized carbons (Fsp3) is 0.250. The Morgan fingerprint density at radius 3 is 2.34 bits per heavy atom. The summed E-state index contributed by atoms with van der Waals surface area (Å²) < 4.78 is 5.22. The summed E-state index contributed by atoms with van der Waals surface area (Å²) >= 11 is 0. The molecule has 1 aliphatic carbocycles. The molecule has 1 fully saturated rings. The monoisotopic (exact) mass is 387 g/mol. The van der Waals surface area contributed by atoms with Crippen LogP contribution in [0.15, 0.2) is 60.7 Å². The Hall–Kier alpha value is -3.18. The van der Waals surface area contributed by atoms with Crippen LogP contribution in [0.4, 0.5) is 5.82 Å². The van der Waals surface area contributed by atoms with E-state index in [1.165, 1.54) is 0 Å². The summed E-state index contributed by atoms with van der Waals surface area (Å²) in [5.74, 6) is 1.34. The third kappa shape index (κ3) is 3.74. The lowest BCUT2D eigenvalue weighted by Gasteiger charge is -2.17. The number of anilines is 1. The van der Waals surface area contributed by atoms with E-state index in [1.54, 1.807) is 7.11 Å². The van der Waals surface area contributed by atoms with Crippen molar-refractivity contribution in [1.82, 2.24) is 4.98 Å². The highest BCUT2D eigenvalue weighted by molar-refractivity contribution is 6.01. The van der Waals surface area contributed by atoms with Crippen molar-refractivity contribution in [3.05, 3.63) is 77.4 Å². The van der Waals surface area contributed by atoms with E-state index in [1.807, 2.05) is 67.6 Å². The van der Waals surface area contributed by atoms with Crippen molar-refractivity contribution in [2.75, 3.05) is 12.4 Å². The zero-order valence-electron chi connectivity index (χ0n) is 16.7. The minimum Gasteiger partial charge on any atom is -0.497 e. The van der Waals surface area contributed by atoms with Crippen molar-refractivity contribution in [2.24, 2.45) is 5.73 Å². The Kier molecular flexibility index (Phi) is 5.07. The van der Waals surface area contributed by atoms with Gasteiger partial charge in [-0.2, -0.15) is 0 Å². The third-order valence-electron chi connectivity index (χ3n) is 5.63. The molecule has 1 heterocycles. The molecular weight excluding hydrogens is 362 g/mol. The second-order valence-electron chi connectivity index (χ2n) is 7.53. The summed E-state index contributed by atoms with van der Waals surface area (Å²) in [5, 5.41) is 3.03. The molecular formula is C24H25N3O2. The third-order valence-corrected chi connectivity index (χ3v) is 5.63. The molecule has 0 saturated heterocycles. The second kappa shape index (κ2) is 7.68. The zero-order chi connectivity index (χ0) is 20.4. The van der Waals surface area contributed by atoms with Crippen LogP contribution >= 0.6 is 0 Å². The number of carbonyl (C=O) groups excluding carboxylic acids is 1. The predicted molar refractivity (Wildman–Crippen MR) is 115 cm³/mol. The van der Waals surface area contributed by atoms with Crippen LogP contribution in [0.3, 0.4) is 0 Å². The first-order chi connectivity index (χ1) is 14.1. The fourth-order valence-electron chi connectivity index (χ4n) is 3.61. The molecule has 29 heavy (non-hydrogen) atoms. The summed E-state index contributed by atoms with van der Waals surface area (Å²) in [4.78, 5) is 17.8. The van der Waals surface area contributed by atoms with Crippen LogP contribution in [0, 0.1) is 6.92 Å². The maximum atomic E-state index is 13.1. The van der Waals surface area contributed by atoms with E-state index in [4.69, 9.17) is 15.5 Å². The standard InChI is InChI=1S/C24H25N3O2/c1-16-3-12-21(26-22(16)18-6-4-17(15-25)5-7-18)27-23(28)24(13-14-24)19-8-10-20(29-2)11-9-19/h3-12H,13-15,25H2,1-2H3,(H,26,27,28). The highest BCUT2D eigenvalue weighted by Crippen LogP contribution is 2.49. The van der Waals surface area contributed by atoms with Gasteiger partial charge in [-0.15, -0.1) is 0 Å². The fourth-order valence-corrected chi connectivity index (χ4v) is 3.61. The van der Waals surface area contributed by atoms with Gasteiger partial charge in [0.2, 0.25) is 5.91 Å². The zero-order valence-corrected chi connectivity index (χ0v) is 16.7. The number of aromatic nitrogens is 1. The van der Waals surface area contributed by atoms with Crippen molar-refractivity contribution in [3.63, 3.8) is 0 Å². The number of hydrogen-bond donors (Lipinski definition) is 2. The Balaban J connectivity index is 1.56. The van der Waals surface area contributed by atoms with Crippen LogP contribution in [0.2, 0.25) is 0 Å². The molecule has 0 unspecified atom stereocenters. The van der Waals surface area contributed by atoms with Gasteiger partial charge in [0.05, 0.1) is 18.2 Å². The first-order valence-electron chi connectivity index (χ1n) is 9.79. The molecule has 4 rings (SSSR count). The first kappa shape index (κ1) is 19.2. The lowest BCUT2D eigenvalue weighted by molar-refractivity contribution is -0.118. The minimum absolute atomic E-state index is 0.0107. The number of rotatable bonds is 6.